The first-order valence-corrected chi connectivity index (χ1v) is 14.7. The molecule has 0 saturated heterocycles. The van der Waals surface area contributed by atoms with E-state index in [2.05, 4.69) is 21.3 Å². The second-order valence-electron chi connectivity index (χ2n) is 12.2. The van der Waals surface area contributed by atoms with Gasteiger partial charge in [0.15, 0.2) is 0 Å². The van der Waals surface area contributed by atoms with Crippen molar-refractivity contribution in [2.45, 2.75) is 97.9 Å². The molecule has 2 aromatic rings. The SMILES string of the molecule is CC(C)(C)OC(=O)NCc1ccc(NC=O)cc1.CNc1ccc(CNC(=O)OC(C)(C)C)cc1.O=CC1CCCCC1. The fraction of sp³-hybridized carbons (Fsp3) is 0.515. The summed E-state index contributed by atoms with van der Waals surface area (Å²) in [6.07, 6.45) is 7.05. The molecule has 0 aromatic heterocycles. The maximum atomic E-state index is 11.4. The minimum absolute atomic E-state index is 0.385. The van der Waals surface area contributed by atoms with Crippen LogP contribution in [0.25, 0.3) is 0 Å². The fourth-order valence-electron chi connectivity index (χ4n) is 3.82. The van der Waals surface area contributed by atoms with Gasteiger partial charge in [-0.05, 0) is 89.8 Å². The van der Waals surface area contributed by atoms with Crippen LogP contribution in [0.1, 0.15) is 84.8 Å². The van der Waals surface area contributed by atoms with Crippen molar-refractivity contribution in [1.82, 2.24) is 10.6 Å². The van der Waals surface area contributed by atoms with Gasteiger partial charge in [0, 0.05) is 37.4 Å². The van der Waals surface area contributed by atoms with E-state index in [0.717, 1.165) is 35.9 Å². The number of rotatable bonds is 8. The maximum Gasteiger partial charge on any atom is 0.407 e. The van der Waals surface area contributed by atoms with E-state index in [1.165, 1.54) is 19.3 Å². The molecule has 10 heteroatoms. The predicted octanol–water partition coefficient (Wildman–Crippen LogP) is 6.80. The number of hydrogen-bond acceptors (Lipinski definition) is 7. The molecule has 2 aromatic carbocycles. The van der Waals surface area contributed by atoms with Crippen LogP contribution in [-0.2, 0) is 32.2 Å². The molecule has 1 fully saturated rings. The highest BCUT2D eigenvalue weighted by Gasteiger charge is 2.16. The van der Waals surface area contributed by atoms with E-state index in [0.29, 0.717) is 31.1 Å². The topological polar surface area (TPSA) is 135 Å². The van der Waals surface area contributed by atoms with Gasteiger partial charge >= 0.3 is 12.2 Å². The van der Waals surface area contributed by atoms with Crippen LogP contribution in [0.5, 0.6) is 0 Å². The Morgan fingerprint density at radius 2 is 1.14 bits per heavy atom. The van der Waals surface area contributed by atoms with Gasteiger partial charge in [-0.25, -0.2) is 9.59 Å². The van der Waals surface area contributed by atoms with E-state index in [1.807, 2.05) is 85.0 Å². The van der Waals surface area contributed by atoms with Crippen LogP contribution in [0.15, 0.2) is 48.5 Å². The molecule has 0 radical (unpaired) electrons. The molecule has 0 bridgehead atoms. The lowest BCUT2D eigenvalue weighted by Gasteiger charge is -2.19. The van der Waals surface area contributed by atoms with Gasteiger partial charge in [-0.1, -0.05) is 43.5 Å². The number of carbonyl (C=O) groups excluding carboxylic acids is 4. The molecule has 4 N–H and O–H groups in total. The van der Waals surface area contributed by atoms with E-state index in [-0.39, 0.29) is 0 Å². The summed E-state index contributed by atoms with van der Waals surface area (Å²) in [5, 5.41) is 10.9. The number of hydrogen-bond donors (Lipinski definition) is 4. The highest BCUT2D eigenvalue weighted by Crippen LogP contribution is 2.21. The first kappa shape index (κ1) is 36.9. The molecular formula is C33H50N4O6. The molecule has 0 atom stereocenters. The van der Waals surface area contributed by atoms with Crippen molar-refractivity contribution in [3.8, 4) is 0 Å². The summed E-state index contributed by atoms with van der Waals surface area (Å²) in [6.45, 7) is 11.8. The smallest absolute Gasteiger partial charge is 0.407 e. The lowest BCUT2D eigenvalue weighted by Crippen LogP contribution is -2.32. The normalized spacial score (nSPS) is 13.0. The second kappa shape index (κ2) is 19.2. The van der Waals surface area contributed by atoms with Crippen LogP contribution in [-0.4, -0.2) is 43.1 Å². The quantitative estimate of drug-likeness (QED) is 0.246. The number of nitrogens with one attached hydrogen (secondary N) is 4. The fourth-order valence-corrected chi connectivity index (χ4v) is 3.82. The molecule has 238 valence electrons. The minimum atomic E-state index is -0.498. The Bertz CT molecular complexity index is 1100. The predicted molar refractivity (Wildman–Crippen MR) is 171 cm³/mol. The van der Waals surface area contributed by atoms with Crippen LogP contribution in [0.2, 0.25) is 0 Å². The van der Waals surface area contributed by atoms with E-state index in [1.54, 1.807) is 12.1 Å². The summed E-state index contributed by atoms with van der Waals surface area (Å²) in [4.78, 5) is 43.2. The summed E-state index contributed by atoms with van der Waals surface area (Å²) in [6, 6.07) is 15.0. The zero-order valence-electron chi connectivity index (χ0n) is 26.8. The standard InChI is InChI=1S/C13H18N2O3.C13H20N2O2.C7H12O/c1-13(2,3)18-12(17)14-8-10-4-6-11(7-5-10)15-9-16;1-13(2,3)17-12(16)15-9-10-5-7-11(14-4)8-6-10;8-6-7-4-2-1-3-5-7/h4-7,9H,8H2,1-3H3,(H,14,17)(H,15,16);5-8,14H,9H2,1-4H3,(H,15,16);6-7H,1-5H2. The summed E-state index contributed by atoms with van der Waals surface area (Å²) < 4.78 is 10.3. The zero-order valence-corrected chi connectivity index (χ0v) is 26.8. The Labute approximate surface area is 256 Å². The number of ether oxygens (including phenoxy) is 2. The van der Waals surface area contributed by atoms with Crippen molar-refractivity contribution in [2.75, 3.05) is 17.7 Å². The van der Waals surface area contributed by atoms with Gasteiger partial charge in [0.2, 0.25) is 6.41 Å². The molecule has 10 nitrogen and oxygen atoms in total. The Kier molecular flexibility index (Phi) is 16.5. The molecule has 43 heavy (non-hydrogen) atoms. The second-order valence-corrected chi connectivity index (χ2v) is 12.2. The first-order valence-electron chi connectivity index (χ1n) is 14.7. The van der Waals surface area contributed by atoms with Gasteiger partial charge in [0.1, 0.15) is 17.5 Å². The third kappa shape index (κ3) is 18.9. The van der Waals surface area contributed by atoms with Gasteiger partial charge in [-0.15, -0.1) is 0 Å². The van der Waals surface area contributed by atoms with Crippen molar-refractivity contribution in [3.63, 3.8) is 0 Å². The average molecular weight is 599 g/mol. The van der Waals surface area contributed by atoms with Gasteiger partial charge in [0.25, 0.3) is 0 Å². The van der Waals surface area contributed by atoms with Gasteiger partial charge in [0.05, 0.1) is 0 Å². The summed E-state index contributed by atoms with van der Waals surface area (Å²) in [5.41, 5.74) is 2.77. The molecule has 0 spiro atoms. The largest absolute Gasteiger partial charge is 0.444 e. The Balaban J connectivity index is 0.000000345. The minimum Gasteiger partial charge on any atom is -0.444 e. The average Bonchev–Trinajstić information content (AvgIpc) is 2.95. The number of carbonyl (C=O) groups is 4. The molecular weight excluding hydrogens is 548 g/mol. The van der Waals surface area contributed by atoms with Crippen molar-refractivity contribution < 1.29 is 28.7 Å². The molecule has 0 heterocycles. The third-order valence-corrected chi connectivity index (χ3v) is 5.94. The van der Waals surface area contributed by atoms with Crippen molar-refractivity contribution in [1.29, 1.82) is 0 Å². The molecule has 0 aliphatic heterocycles. The van der Waals surface area contributed by atoms with Crippen LogP contribution in [0.3, 0.4) is 0 Å². The van der Waals surface area contributed by atoms with Gasteiger partial charge in [-0.3, -0.25) is 4.79 Å². The van der Waals surface area contributed by atoms with E-state index in [4.69, 9.17) is 9.47 Å². The summed E-state index contributed by atoms with van der Waals surface area (Å²) in [5.74, 6) is 0.406. The first-order chi connectivity index (χ1) is 20.2. The molecule has 3 rings (SSSR count). The monoisotopic (exact) mass is 598 g/mol. The highest BCUT2D eigenvalue weighted by molar-refractivity contribution is 5.71. The molecule has 0 unspecified atom stereocenters. The number of amides is 3. The number of benzene rings is 2. The Morgan fingerprint density at radius 1 is 0.721 bits per heavy atom. The third-order valence-electron chi connectivity index (χ3n) is 5.94. The van der Waals surface area contributed by atoms with Crippen molar-refractivity contribution in [3.05, 3.63) is 59.7 Å². The summed E-state index contributed by atoms with van der Waals surface area (Å²) >= 11 is 0. The molecule has 1 aliphatic rings. The van der Waals surface area contributed by atoms with Gasteiger partial charge in [-0.2, -0.15) is 0 Å². The van der Waals surface area contributed by atoms with E-state index >= 15 is 0 Å². The van der Waals surface area contributed by atoms with Crippen LogP contribution >= 0.6 is 0 Å². The van der Waals surface area contributed by atoms with E-state index < -0.39 is 23.4 Å². The lowest BCUT2D eigenvalue weighted by atomic mass is 9.91. The van der Waals surface area contributed by atoms with Crippen molar-refractivity contribution in [2.24, 2.45) is 5.92 Å². The number of alkyl carbamates (subject to hydrolysis) is 2. The van der Waals surface area contributed by atoms with Crippen molar-refractivity contribution >= 4 is 36.3 Å². The molecule has 1 saturated carbocycles. The Hall–Kier alpha value is -4.08. The van der Waals surface area contributed by atoms with Gasteiger partial charge < -0.3 is 35.5 Å². The van der Waals surface area contributed by atoms with E-state index in [9.17, 15) is 19.2 Å². The maximum absolute atomic E-state index is 11.4. The molecule has 1 aliphatic carbocycles. The summed E-state index contributed by atoms with van der Waals surface area (Å²) in [7, 11) is 1.87. The van der Waals surface area contributed by atoms with Crippen LogP contribution < -0.4 is 21.3 Å². The van der Waals surface area contributed by atoms with Crippen LogP contribution in [0.4, 0.5) is 21.0 Å². The molecule has 3 amide bonds. The van der Waals surface area contributed by atoms with Crippen LogP contribution in [0, 0.1) is 5.92 Å². The Morgan fingerprint density at radius 3 is 1.47 bits per heavy atom. The zero-order chi connectivity index (χ0) is 32.3. The highest BCUT2D eigenvalue weighted by atomic mass is 16.6. The number of anilines is 2. The lowest BCUT2D eigenvalue weighted by molar-refractivity contribution is -0.111. The number of aldehydes is 1.